The fraction of sp³-hybridized carbons (Fsp3) is 0.385. The van der Waals surface area contributed by atoms with Crippen molar-refractivity contribution in [3.05, 3.63) is 23.2 Å². The fourth-order valence-corrected chi connectivity index (χ4v) is 2.53. The van der Waals surface area contributed by atoms with Crippen molar-refractivity contribution >= 4 is 17.5 Å². The lowest BCUT2D eigenvalue weighted by Gasteiger charge is -2.30. The van der Waals surface area contributed by atoms with Crippen molar-refractivity contribution < 1.29 is 5.11 Å². The minimum atomic E-state index is 0.151. The number of H-pyrrole nitrogens is 1. The largest absolute Gasteiger partial charge is 0.508 e. The van der Waals surface area contributed by atoms with Gasteiger partial charge >= 0.3 is 0 Å². The van der Waals surface area contributed by atoms with Crippen molar-refractivity contribution in [2.45, 2.75) is 13.0 Å². The van der Waals surface area contributed by atoms with E-state index in [0.717, 1.165) is 19.6 Å². The molecule has 2 heterocycles. The third-order valence-electron chi connectivity index (χ3n) is 3.33. The SMILES string of the molecule is C[C@H]1CN(c2n[nH]c(-c3cc(O)ccc3Cl)n2)CCN1. The van der Waals surface area contributed by atoms with Crippen molar-refractivity contribution in [3.63, 3.8) is 0 Å². The van der Waals surface area contributed by atoms with Crippen LogP contribution in [0.15, 0.2) is 18.2 Å². The number of hydrogen-bond acceptors (Lipinski definition) is 5. The van der Waals surface area contributed by atoms with E-state index in [1.54, 1.807) is 18.2 Å². The number of nitrogens with one attached hydrogen (secondary N) is 2. The molecule has 0 amide bonds. The first-order valence-electron chi connectivity index (χ1n) is 6.53. The number of benzene rings is 1. The molecule has 1 aromatic heterocycles. The number of piperazine rings is 1. The van der Waals surface area contributed by atoms with Gasteiger partial charge in [0, 0.05) is 31.2 Å². The van der Waals surface area contributed by atoms with Crippen molar-refractivity contribution in [2.75, 3.05) is 24.5 Å². The Morgan fingerprint density at radius 2 is 2.30 bits per heavy atom. The minimum absolute atomic E-state index is 0.151. The fourth-order valence-electron chi connectivity index (χ4n) is 2.32. The molecule has 0 spiro atoms. The highest BCUT2D eigenvalue weighted by molar-refractivity contribution is 6.33. The molecule has 106 valence electrons. The molecular weight excluding hydrogens is 278 g/mol. The molecule has 3 rings (SSSR count). The number of nitrogens with zero attached hydrogens (tertiary/aromatic N) is 3. The van der Waals surface area contributed by atoms with Crippen LogP contribution < -0.4 is 10.2 Å². The van der Waals surface area contributed by atoms with Crippen LogP contribution in [-0.4, -0.2) is 46.0 Å². The van der Waals surface area contributed by atoms with Crippen LogP contribution in [0.2, 0.25) is 5.02 Å². The predicted octanol–water partition coefficient (Wildman–Crippen LogP) is 1.63. The summed E-state index contributed by atoms with van der Waals surface area (Å²) in [7, 11) is 0. The average Bonchev–Trinajstić information content (AvgIpc) is 2.91. The molecular formula is C13H16ClN5O. The lowest BCUT2D eigenvalue weighted by Crippen LogP contribution is -2.49. The summed E-state index contributed by atoms with van der Waals surface area (Å²) in [6.45, 7) is 4.78. The topological polar surface area (TPSA) is 77.1 Å². The second-order valence-corrected chi connectivity index (χ2v) is 5.36. The van der Waals surface area contributed by atoms with Crippen LogP contribution in [0.1, 0.15) is 6.92 Å². The maximum absolute atomic E-state index is 9.55. The number of phenols is 1. The van der Waals surface area contributed by atoms with Crippen LogP contribution in [0.3, 0.4) is 0 Å². The Bertz CT molecular complexity index is 615. The van der Waals surface area contributed by atoms with E-state index in [1.807, 2.05) is 0 Å². The van der Waals surface area contributed by atoms with Gasteiger partial charge < -0.3 is 15.3 Å². The molecule has 2 aromatic rings. The van der Waals surface area contributed by atoms with Crippen molar-refractivity contribution in [3.8, 4) is 17.1 Å². The number of anilines is 1. The second-order valence-electron chi connectivity index (χ2n) is 4.95. The predicted molar refractivity (Wildman–Crippen MR) is 78.2 cm³/mol. The highest BCUT2D eigenvalue weighted by Crippen LogP contribution is 2.29. The monoisotopic (exact) mass is 293 g/mol. The van der Waals surface area contributed by atoms with Crippen LogP contribution in [0.5, 0.6) is 5.75 Å². The maximum Gasteiger partial charge on any atom is 0.245 e. The summed E-state index contributed by atoms with van der Waals surface area (Å²) >= 11 is 6.13. The number of halogens is 1. The molecule has 1 aliphatic heterocycles. The van der Waals surface area contributed by atoms with E-state index >= 15 is 0 Å². The van der Waals surface area contributed by atoms with Crippen LogP contribution in [0.25, 0.3) is 11.4 Å². The maximum atomic E-state index is 9.55. The molecule has 1 fully saturated rings. The standard InChI is InChI=1S/C13H16ClN5O/c1-8-7-19(5-4-15-8)13-16-12(17-18-13)10-6-9(20)2-3-11(10)14/h2-3,6,8,15,20H,4-5,7H2,1H3,(H,16,17,18)/t8-/m0/s1. The molecule has 3 N–H and O–H groups in total. The summed E-state index contributed by atoms with van der Waals surface area (Å²) in [5.74, 6) is 1.37. The molecule has 0 unspecified atom stereocenters. The zero-order valence-corrected chi connectivity index (χ0v) is 11.9. The normalized spacial score (nSPS) is 19.3. The molecule has 1 aromatic carbocycles. The highest BCUT2D eigenvalue weighted by atomic mass is 35.5. The third kappa shape index (κ3) is 2.57. The van der Waals surface area contributed by atoms with E-state index in [9.17, 15) is 5.11 Å². The van der Waals surface area contributed by atoms with Crippen LogP contribution >= 0.6 is 11.6 Å². The molecule has 1 aliphatic rings. The van der Waals surface area contributed by atoms with Crippen molar-refractivity contribution in [1.29, 1.82) is 0 Å². The van der Waals surface area contributed by atoms with E-state index in [2.05, 4.69) is 32.3 Å². The van der Waals surface area contributed by atoms with Gasteiger partial charge in [0.1, 0.15) is 5.75 Å². The number of aromatic amines is 1. The molecule has 0 aliphatic carbocycles. The Kier molecular flexibility index (Phi) is 3.50. The first-order valence-corrected chi connectivity index (χ1v) is 6.91. The lowest BCUT2D eigenvalue weighted by atomic mass is 10.2. The van der Waals surface area contributed by atoms with E-state index in [4.69, 9.17) is 11.6 Å². The van der Waals surface area contributed by atoms with Gasteiger partial charge in [-0.05, 0) is 25.1 Å². The van der Waals surface area contributed by atoms with Gasteiger partial charge in [0.25, 0.3) is 0 Å². The Labute approximate surface area is 121 Å². The zero-order chi connectivity index (χ0) is 14.1. The van der Waals surface area contributed by atoms with Gasteiger partial charge in [-0.3, -0.25) is 5.10 Å². The quantitative estimate of drug-likeness (QED) is 0.784. The third-order valence-corrected chi connectivity index (χ3v) is 3.66. The summed E-state index contributed by atoms with van der Waals surface area (Å²) in [6.07, 6.45) is 0. The molecule has 6 nitrogen and oxygen atoms in total. The molecule has 7 heteroatoms. The van der Waals surface area contributed by atoms with Gasteiger partial charge in [0.15, 0.2) is 5.82 Å². The van der Waals surface area contributed by atoms with Gasteiger partial charge in [-0.1, -0.05) is 11.6 Å². The smallest absolute Gasteiger partial charge is 0.245 e. The number of phenolic OH excluding ortho intramolecular Hbond substituents is 1. The minimum Gasteiger partial charge on any atom is -0.508 e. The van der Waals surface area contributed by atoms with Crippen molar-refractivity contribution in [1.82, 2.24) is 20.5 Å². The molecule has 1 atom stereocenters. The Morgan fingerprint density at radius 1 is 1.45 bits per heavy atom. The lowest BCUT2D eigenvalue weighted by molar-refractivity contribution is 0.475. The molecule has 1 saturated heterocycles. The van der Waals surface area contributed by atoms with Crippen LogP contribution in [-0.2, 0) is 0 Å². The number of aromatic hydroxyl groups is 1. The average molecular weight is 294 g/mol. The molecule has 0 bridgehead atoms. The summed E-state index contributed by atoms with van der Waals surface area (Å²) in [5, 5.41) is 20.6. The number of hydrogen-bond donors (Lipinski definition) is 3. The van der Waals surface area contributed by atoms with Gasteiger partial charge in [-0.2, -0.15) is 4.98 Å². The van der Waals surface area contributed by atoms with Gasteiger partial charge in [0.05, 0.1) is 5.02 Å². The summed E-state index contributed by atoms with van der Waals surface area (Å²) in [4.78, 5) is 6.60. The van der Waals surface area contributed by atoms with E-state index in [-0.39, 0.29) is 5.75 Å². The van der Waals surface area contributed by atoms with Gasteiger partial charge in [-0.25, -0.2) is 0 Å². The molecule has 0 saturated carbocycles. The number of aromatic nitrogens is 3. The van der Waals surface area contributed by atoms with Crippen LogP contribution in [0.4, 0.5) is 5.95 Å². The zero-order valence-electron chi connectivity index (χ0n) is 11.1. The molecule has 20 heavy (non-hydrogen) atoms. The Morgan fingerprint density at radius 3 is 3.10 bits per heavy atom. The van der Waals surface area contributed by atoms with E-state index in [0.29, 0.717) is 28.4 Å². The second kappa shape index (κ2) is 5.30. The summed E-state index contributed by atoms with van der Waals surface area (Å²) in [5.41, 5.74) is 0.647. The first-order chi connectivity index (χ1) is 9.63. The van der Waals surface area contributed by atoms with E-state index in [1.165, 1.54) is 0 Å². The Balaban J connectivity index is 1.88. The van der Waals surface area contributed by atoms with Crippen molar-refractivity contribution in [2.24, 2.45) is 0 Å². The van der Waals surface area contributed by atoms with E-state index < -0.39 is 0 Å². The summed E-state index contributed by atoms with van der Waals surface area (Å²) < 4.78 is 0. The highest BCUT2D eigenvalue weighted by Gasteiger charge is 2.20. The summed E-state index contributed by atoms with van der Waals surface area (Å²) in [6, 6.07) is 5.17. The van der Waals surface area contributed by atoms with Gasteiger partial charge in [0.2, 0.25) is 5.95 Å². The van der Waals surface area contributed by atoms with Gasteiger partial charge in [-0.15, -0.1) is 5.10 Å². The van der Waals surface area contributed by atoms with Crippen LogP contribution in [0, 0.1) is 0 Å². The Hall–Kier alpha value is -1.79. The molecule has 0 radical (unpaired) electrons. The number of rotatable bonds is 2. The first kappa shape index (κ1) is 13.2.